The van der Waals surface area contributed by atoms with E-state index in [1.807, 2.05) is 30.5 Å². The summed E-state index contributed by atoms with van der Waals surface area (Å²) in [6, 6.07) is 24.3. The van der Waals surface area contributed by atoms with Gasteiger partial charge >= 0.3 is 0 Å². The molecule has 3 nitrogen and oxygen atoms in total. The van der Waals surface area contributed by atoms with Crippen LogP contribution in [0.25, 0.3) is 31.8 Å². The van der Waals surface area contributed by atoms with E-state index in [1.54, 1.807) is 11.3 Å². The van der Waals surface area contributed by atoms with Crippen LogP contribution in [-0.4, -0.2) is 15.9 Å². The van der Waals surface area contributed by atoms with E-state index < -0.39 is 0 Å². The van der Waals surface area contributed by atoms with Crippen LogP contribution in [-0.2, 0) is 24.9 Å². The second-order valence-corrected chi connectivity index (χ2v) is 7.84. The zero-order valence-corrected chi connectivity index (χ0v) is 20.2. The summed E-state index contributed by atoms with van der Waals surface area (Å²) >= 11 is 1.79. The van der Waals surface area contributed by atoms with Crippen molar-refractivity contribution < 1.29 is 30.0 Å². The first-order valence-corrected chi connectivity index (χ1v) is 10.1. The molecule has 0 aliphatic carbocycles. The molecular formula is C25H22IrNO2S-. The minimum Gasteiger partial charge on any atom is -0.512 e. The molecule has 1 N–H and O–H groups in total. The number of pyridine rings is 1. The van der Waals surface area contributed by atoms with Gasteiger partial charge in [0.2, 0.25) is 0 Å². The fourth-order valence-corrected chi connectivity index (χ4v) is 3.82. The maximum atomic E-state index is 10.0. The monoisotopic (exact) mass is 593 g/mol. The predicted molar refractivity (Wildman–Crippen MR) is 121 cm³/mol. The second kappa shape index (κ2) is 11.0. The van der Waals surface area contributed by atoms with Crippen molar-refractivity contribution >= 4 is 27.2 Å². The molecule has 0 bridgehead atoms. The van der Waals surface area contributed by atoms with Crippen molar-refractivity contribution in [3.8, 4) is 21.7 Å². The van der Waals surface area contributed by atoms with Crippen LogP contribution in [0.4, 0.5) is 0 Å². The molecule has 0 aliphatic heterocycles. The minimum atomic E-state index is -0.125. The number of aliphatic hydroxyl groups excluding tert-OH is 1. The van der Waals surface area contributed by atoms with Crippen LogP contribution in [0.3, 0.4) is 0 Å². The first kappa shape index (κ1) is 23.7. The Labute approximate surface area is 194 Å². The predicted octanol–water partition coefficient (Wildman–Crippen LogP) is 6.77. The van der Waals surface area contributed by atoms with Crippen LogP contribution < -0.4 is 0 Å². The number of carbonyl (C=O) groups is 1. The number of aromatic nitrogens is 1. The molecular weight excluding hydrogens is 571 g/mol. The van der Waals surface area contributed by atoms with Gasteiger partial charge in [0, 0.05) is 37.3 Å². The zero-order valence-electron chi connectivity index (χ0n) is 17.0. The van der Waals surface area contributed by atoms with Crippen molar-refractivity contribution in [2.45, 2.75) is 20.8 Å². The average molecular weight is 593 g/mol. The van der Waals surface area contributed by atoms with Crippen LogP contribution in [0.15, 0.2) is 78.7 Å². The Morgan fingerprint density at radius 3 is 2.40 bits per heavy atom. The first-order chi connectivity index (χ1) is 13.9. The Bertz CT molecular complexity index is 1140. The Hall–Kier alpha value is -2.59. The third kappa shape index (κ3) is 6.46. The number of aliphatic hydroxyl groups is 1. The second-order valence-electron chi connectivity index (χ2n) is 6.76. The third-order valence-corrected chi connectivity index (χ3v) is 5.27. The summed E-state index contributed by atoms with van der Waals surface area (Å²) in [6.07, 6.45) is 3.13. The van der Waals surface area contributed by atoms with Gasteiger partial charge in [0.25, 0.3) is 0 Å². The molecule has 5 heteroatoms. The summed E-state index contributed by atoms with van der Waals surface area (Å²) in [5.41, 5.74) is 4.56. The van der Waals surface area contributed by atoms with E-state index >= 15 is 0 Å². The van der Waals surface area contributed by atoms with E-state index in [0.29, 0.717) is 0 Å². The molecule has 4 aromatic rings. The van der Waals surface area contributed by atoms with Crippen molar-refractivity contribution in [3.63, 3.8) is 0 Å². The first-order valence-electron chi connectivity index (χ1n) is 9.24. The van der Waals surface area contributed by atoms with Crippen molar-refractivity contribution in [1.29, 1.82) is 0 Å². The van der Waals surface area contributed by atoms with Crippen molar-refractivity contribution in [2.24, 2.45) is 0 Å². The average Bonchev–Trinajstić information content (AvgIpc) is 3.12. The molecule has 0 atom stereocenters. The Morgan fingerprint density at radius 1 is 1.10 bits per heavy atom. The smallest absolute Gasteiger partial charge is 0.155 e. The molecule has 2 aromatic carbocycles. The molecule has 0 aliphatic rings. The number of thiophene rings is 1. The third-order valence-electron chi connectivity index (χ3n) is 4.14. The number of ketones is 1. The van der Waals surface area contributed by atoms with E-state index in [1.165, 1.54) is 46.0 Å². The molecule has 0 spiro atoms. The van der Waals surface area contributed by atoms with E-state index in [9.17, 15) is 4.79 Å². The molecule has 2 heterocycles. The van der Waals surface area contributed by atoms with Gasteiger partial charge < -0.3 is 10.1 Å². The largest absolute Gasteiger partial charge is 0.512 e. The summed E-state index contributed by atoms with van der Waals surface area (Å²) in [5.74, 6) is -0.0625. The fraction of sp³-hybridized carbons (Fsp3) is 0.120. The minimum absolute atomic E-state index is 0. The van der Waals surface area contributed by atoms with Gasteiger partial charge in [0.1, 0.15) is 0 Å². The van der Waals surface area contributed by atoms with Gasteiger partial charge in [0.15, 0.2) is 5.78 Å². The van der Waals surface area contributed by atoms with Crippen LogP contribution in [0.5, 0.6) is 0 Å². The van der Waals surface area contributed by atoms with Gasteiger partial charge in [0.05, 0.1) is 10.5 Å². The van der Waals surface area contributed by atoms with E-state index in [0.717, 1.165) is 11.3 Å². The Kier molecular flexibility index (Phi) is 8.67. The maximum absolute atomic E-state index is 10.0. The van der Waals surface area contributed by atoms with E-state index in [2.05, 4.69) is 54.4 Å². The molecule has 2 aromatic heterocycles. The number of benzene rings is 2. The molecule has 30 heavy (non-hydrogen) atoms. The van der Waals surface area contributed by atoms with Crippen molar-refractivity contribution in [2.75, 3.05) is 0 Å². The molecule has 155 valence electrons. The number of hydrogen-bond acceptors (Lipinski definition) is 4. The molecule has 4 rings (SSSR count). The maximum Gasteiger partial charge on any atom is 0.155 e. The number of rotatable bonds is 3. The standard InChI is InChI=1S/C20H14NS.C5H8O2.Ir/c1-14-7-9-16(10-8-14)19-12-17-11-18(21-13-20(17)22-19)15-5-3-2-4-6-15;1-4(6)3-5(2)7;/h2-5,7-13H,1H3;3,6H,1-2H3;/q-1;;/b;4-3-;. The van der Waals surface area contributed by atoms with Crippen molar-refractivity contribution in [3.05, 3.63) is 90.3 Å². The Morgan fingerprint density at radius 2 is 1.83 bits per heavy atom. The number of carbonyl (C=O) groups excluding carboxylic acids is 1. The van der Waals surface area contributed by atoms with Gasteiger partial charge in [-0.3, -0.25) is 4.79 Å². The number of aryl methyl sites for hydroxylation is 1. The van der Waals surface area contributed by atoms with Crippen LogP contribution >= 0.6 is 11.3 Å². The molecule has 0 amide bonds. The molecule has 0 unspecified atom stereocenters. The van der Waals surface area contributed by atoms with Crippen LogP contribution in [0.2, 0.25) is 0 Å². The topological polar surface area (TPSA) is 50.2 Å². The van der Waals surface area contributed by atoms with Crippen molar-refractivity contribution in [1.82, 2.24) is 4.98 Å². The van der Waals surface area contributed by atoms with Gasteiger partial charge in [-0.25, -0.2) is 0 Å². The van der Waals surface area contributed by atoms with Crippen LogP contribution in [0, 0.1) is 13.0 Å². The van der Waals surface area contributed by atoms with E-state index in [4.69, 9.17) is 5.11 Å². The Balaban J connectivity index is 0.000000350. The summed E-state index contributed by atoms with van der Waals surface area (Å²) in [6.45, 7) is 4.96. The SMILES string of the molecule is CC(=O)/C=C(/C)O.Cc1ccc(-c2cc3cc(-c4[c-]cccc4)ncc3s2)cc1.[Ir]. The fourth-order valence-electron chi connectivity index (χ4n) is 2.80. The van der Waals surface area contributed by atoms with Gasteiger partial charge in [-0.1, -0.05) is 35.9 Å². The van der Waals surface area contributed by atoms with E-state index in [-0.39, 0.29) is 31.6 Å². The summed E-state index contributed by atoms with van der Waals surface area (Å²) in [5, 5.41) is 9.60. The summed E-state index contributed by atoms with van der Waals surface area (Å²) in [4.78, 5) is 15.9. The zero-order chi connectivity index (χ0) is 20.8. The molecule has 0 saturated heterocycles. The van der Waals surface area contributed by atoms with Gasteiger partial charge in [-0.2, -0.15) is 0 Å². The quantitative estimate of drug-likeness (QED) is 0.162. The van der Waals surface area contributed by atoms with Crippen LogP contribution in [0.1, 0.15) is 19.4 Å². The normalized spacial score (nSPS) is 10.7. The molecule has 0 saturated carbocycles. The van der Waals surface area contributed by atoms with Gasteiger partial charge in [-0.15, -0.1) is 47.2 Å². The molecule has 1 radical (unpaired) electrons. The number of fused-ring (bicyclic) bond motifs is 1. The number of nitrogens with zero attached hydrogens (tertiary/aromatic N) is 1. The molecule has 0 fully saturated rings. The van der Waals surface area contributed by atoms with Gasteiger partial charge in [-0.05, 0) is 43.5 Å². The summed E-state index contributed by atoms with van der Waals surface area (Å²) in [7, 11) is 0. The number of allylic oxidation sites excluding steroid dienone is 2. The summed E-state index contributed by atoms with van der Waals surface area (Å²) < 4.78 is 1.22. The number of hydrogen-bond donors (Lipinski definition) is 1.